The summed E-state index contributed by atoms with van der Waals surface area (Å²) in [4.78, 5) is 15.1. The maximum Gasteiger partial charge on any atom is 0.193 e. The minimum absolute atomic E-state index is 0.136. The minimum Gasteiger partial charge on any atom is -0.289 e. The van der Waals surface area contributed by atoms with Crippen molar-refractivity contribution in [3.05, 3.63) is 83.9 Å². The first kappa shape index (κ1) is 23.6. The molecule has 0 aliphatic rings. The lowest BCUT2D eigenvalue weighted by atomic mass is 9.94. The van der Waals surface area contributed by atoms with E-state index in [4.69, 9.17) is 0 Å². The Labute approximate surface area is 193 Å². The van der Waals surface area contributed by atoms with Crippen molar-refractivity contribution in [2.45, 2.75) is 57.1 Å². The van der Waals surface area contributed by atoms with Gasteiger partial charge in [0.2, 0.25) is 0 Å². The van der Waals surface area contributed by atoms with Gasteiger partial charge in [0.15, 0.2) is 5.78 Å². The second kappa shape index (κ2) is 11.0. The molecule has 162 valence electrons. The summed E-state index contributed by atoms with van der Waals surface area (Å²) in [7, 11) is -1.76. The number of carbonyl (C=O) groups excluding carboxylic acids is 1. The molecule has 0 atom stereocenters. The molecule has 0 radical (unpaired) electrons. The standard InChI is InChI=1S/C28H34OSSi/c1-5-6-7-14-19-30-24-20-25(22-15-10-8-11-16-22)27(26(21-24)31(2,3)4)28(29)23-17-12-9-13-18-23/h8-13,15-18,20-21H,5-7,14,19H2,1-4H3. The van der Waals surface area contributed by atoms with Crippen molar-refractivity contribution in [3.63, 3.8) is 0 Å². The molecule has 0 aliphatic heterocycles. The normalized spacial score (nSPS) is 11.5. The third-order valence-corrected chi connectivity index (χ3v) is 8.61. The van der Waals surface area contributed by atoms with Gasteiger partial charge in [0.05, 0.1) is 8.07 Å². The van der Waals surface area contributed by atoms with E-state index in [2.05, 4.69) is 63.0 Å². The molecule has 0 fully saturated rings. The van der Waals surface area contributed by atoms with Crippen LogP contribution in [0.25, 0.3) is 11.1 Å². The van der Waals surface area contributed by atoms with Crippen molar-refractivity contribution in [2.24, 2.45) is 0 Å². The van der Waals surface area contributed by atoms with E-state index in [1.165, 1.54) is 35.8 Å². The van der Waals surface area contributed by atoms with Crippen LogP contribution in [0.4, 0.5) is 0 Å². The molecule has 0 N–H and O–H groups in total. The van der Waals surface area contributed by atoms with Gasteiger partial charge in [0.1, 0.15) is 0 Å². The lowest BCUT2D eigenvalue weighted by Crippen LogP contribution is -2.42. The lowest BCUT2D eigenvalue weighted by molar-refractivity contribution is 0.104. The highest BCUT2D eigenvalue weighted by molar-refractivity contribution is 7.99. The zero-order valence-corrected chi connectivity index (χ0v) is 21.1. The monoisotopic (exact) mass is 446 g/mol. The van der Waals surface area contributed by atoms with Crippen LogP contribution in [0, 0.1) is 0 Å². The molecule has 3 rings (SSSR count). The number of rotatable bonds is 10. The van der Waals surface area contributed by atoms with Crippen molar-refractivity contribution in [1.29, 1.82) is 0 Å². The SMILES string of the molecule is CCCCCCSc1cc(-c2ccccc2)c(C(=O)c2ccccc2)c([Si](C)(C)C)c1. The van der Waals surface area contributed by atoms with Crippen LogP contribution >= 0.6 is 11.8 Å². The predicted octanol–water partition coefficient (Wildman–Crippen LogP) is 7.80. The van der Waals surface area contributed by atoms with Crippen molar-refractivity contribution < 1.29 is 4.79 Å². The summed E-state index contributed by atoms with van der Waals surface area (Å²) >= 11 is 1.94. The number of benzene rings is 3. The predicted molar refractivity (Wildman–Crippen MR) is 140 cm³/mol. The van der Waals surface area contributed by atoms with Crippen LogP contribution in [0.1, 0.15) is 48.5 Å². The second-order valence-corrected chi connectivity index (χ2v) is 15.3. The summed E-state index contributed by atoms with van der Waals surface area (Å²) in [6.45, 7) is 9.28. The largest absolute Gasteiger partial charge is 0.289 e. The molecule has 31 heavy (non-hydrogen) atoms. The number of unbranched alkanes of at least 4 members (excludes halogenated alkanes) is 3. The molecule has 0 unspecified atom stereocenters. The zero-order chi connectivity index (χ0) is 22.3. The zero-order valence-electron chi connectivity index (χ0n) is 19.3. The Bertz CT molecular complexity index is 991. The highest BCUT2D eigenvalue weighted by atomic mass is 32.2. The number of carbonyl (C=O) groups is 1. The summed E-state index contributed by atoms with van der Waals surface area (Å²) in [6, 6.07) is 24.7. The van der Waals surface area contributed by atoms with Gasteiger partial charge in [-0.15, -0.1) is 11.8 Å². The van der Waals surface area contributed by atoms with Crippen LogP contribution in [0.2, 0.25) is 19.6 Å². The van der Waals surface area contributed by atoms with Crippen LogP contribution < -0.4 is 5.19 Å². The van der Waals surface area contributed by atoms with Gasteiger partial charge in [0, 0.05) is 16.0 Å². The van der Waals surface area contributed by atoms with Gasteiger partial charge >= 0.3 is 0 Å². The first-order valence-corrected chi connectivity index (χ1v) is 15.9. The molecule has 3 aromatic rings. The number of hydrogen-bond acceptors (Lipinski definition) is 2. The Morgan fingerprint density at radius 1 is 0.839 bits per heavy atom. The van der Waals surface area contributed by atoms with Gasteiger partial charge in [-0.3, -0.25) is 4.79 Å². The quantitative estimate of drug-likeness (QED) is 0.137. The molecular weight excluding hydrogens is 412 g/mol. The van der Waals surface area contributed by atoms with E-state index in [1.807, 2.05) is 48.2 Å². The first-order valence-electron chi connectivity index (χ1n) is 11.4. The fourth-order valence-corrected chi connectivity index (χ4v) is 6.51. The molecule has 0 saturated carbocycles. The maximum absolute atomic E-state index is 13.8. The average molecular weight is 447 g/mol. The third-order valence-electron chi connectivity index (χ3n) is 5.53. The van der Waals surface area contributed by atoms with E-state index >= 15 is 0 Å². The molecule has 0 spiro atoms. The van der Waals surface area contributed by atoms with Gasteiger partial charge in [-0.05, 0) is 40.6 Å². The van der Waals surface area contributed by atoms with E-state index in [-0.39, 0.29) is 5.78 Å². The van der Waals surface area contributed by atoms with Crippen molar-refractivity contribution in [2.75, 3.05) is 5.75 Å². The van der Waals surface area contributed by atoms with Crippen molar-refractivity contribution in [1.82, 2.24) is 0 Å². The Morgan fingerprint density at radius 3 is 2.10 bits per heavy atom. The summed E-state index contributed by atoms with van der Waals surface area (Å²) in [5.74, 6) is 1.27. The number of hydrogen-bond donors (Lipinski definition) is 0. The van der Waals surface area contributed by atoms with E-state index in [0.717, 1.165) is 28.0 Å². The Hall–Kier alpha value is -2.10. The molecular formula is C28H34OSSi. The third kappa shape index (κ3) is 6.21. The van der Waals surface area contributed by atoms with Crippen LogP contribution in [-0.2, 0) is 0 Å². The highest BCUT2D eigenvalue weighted by Crippen LogP contribution is 2.32. The van der Waals surface area contributed by atoms with Gasteiger partial charge in [-0.1, -0.05) is 106 Å². The summed E-state index contributed by atoms with van der Waals surface area (Å²) in [6.07, 6.45) is 5.10. The topological polar surface area (TPSA) is 17.1 Å². The van der Waals surface area contributed by atoms with E-state index < -0.39 is 8.07 Å². The molecule has 0 heterocycles. The smallest absolute Gasteiger partial charge is 0.193 e. The van der Waals surface area contributed by atoms with Gasteiger partial charge in [-0.25, -0.2) is 0 Å². The van der Waals surface area contributed by atoms with E-state index in [9.17, 15) is 4.79 Å². The van der Waals surface area contributed by atoms with Crippen molar-refractivity contribution >= 4 is 30.8 Å². The molecule has 3 heteroatoms. The molecule has 0 saturated heterocycles. The van der Waals surface area contributed by atoms with Gasteiger partial charge in [-0.2, -0.15) is 0 Å². The second-order valence-electron chi connectivity index (χ2n) is 9.11. The fourth-order valence-electron chi connectivity index (χ4n) is 3.83. The molecule has 0 aromatic heterocycles. The molecule has 0 bridgehead atoms. The lowest BCUT2D eigenvalue weighted by Gasteiger charge is -2.24. The van der Waals surface area contributed by atoms with Crippen LogP contribution in [0.3, 0.4) is 0 Å². The molecule has 0 amide bonds. The number of thioether (sulfide) groups is 1. The average Bonchev–Trinajstić information content (AvgIpc) is 2.78. The summed E-state index contributed by atoms with van der Waals surface area (Å²) < 4.78 is 0. The molecule has 1 nitrogen and oxygen atoms in total. The van der Waals surface area contributed by atoms with Crippen LogP contribution in [0.15, 0.2) is 77.7 Å². The van der Waals surface area contributed by atoms with E-state index in [0.29, 0.717) is 0 Å². The van der Waals surface area contributed by atoms with Crippen LogP contribution in [-0.4, -0.2) is 19.6 Å². The Kier molecular flexibility index (Phi) is 8.33. The van der Waals surface area contributed by atoms with Crippen molar-refractivity contribution in [3.8, 4) is 11.1 Å². The van der Waals surface area contributed by atoms with Gasteiger partial charge < -0.3 is 0 Å². The van der Waals surface area contributed by atoms with Crippen LogP contribution in [0.5, 0.6) is 0 Å². The molecule has 3 aromatic carbocycles. The Morgan fingerprint density at radius 2 is 1.48 bits per heavy atom. The molecule has 0 aliphatic carbocycles. The summed E-state index contributed by atoms with van der Waals surface area (Å²) in [5, 5.41) is 1.26. The summed E-state index contributed by atoms with van der Waals surface area (Å²) in [5.41, 5.74) is 3.85. The fraction of sp³-hybridized carbons (Fsp3) is 0.321. The minimum atomic E-state index is -1.76. The first-order chi connectivity index (χ1) is 14.9. The Balaban J connectivity index is 2.11. The van der Waals surface area contributed by atoms with E-state index in [1.54, 1.807) is 0 Å². The van der Waals surface area contributed by atoms with Gasteiger partial charge in [0.25, 0.3) is 0 Å². The number of ketones is 1. The highest BCUT2D eigenvalue weighted by Gasteiger charge is 2.28. The maximum atomic E-state index is 13.8.